The Morgan fingerprint density at radius 1 is 1.26 bits per heavy atom. The van der Waals surface area contributed by atoms with Crippen LogP contribution < -0.4 is 15.0 Å². The molecule has 4 rings (SSSR count). The highest BCUT2D eigenvalue weighted by molar-refractivity contribution is 6.31. The van der Waals surface area contributed by atoms with E-state index < -0.39 is 43.1 Å². The Labute approximate surface area is 198 Å². The summed E-state index contributed by atoms with van der Waals surface area (Å²) in [5.74, 6) is -2.86. The molecule has 3 aromatic rings. The minimum atomic E-state index is -1.15. The van der Waals surface area contributed by atoms with E-state index >= 15 is 0 Å². The highest BCUT2D eigenvalue weighted by Gasteiger charge is 2.32. The number of aryl methyl sites for hydroxylation is 1. The second kappa shape index (κ2) is 9.76. The van der Waals surface area contributed by atoms with Crippen LogP contribution in [0, 0.1) is 11.6 Å². The van der Waals surface area contributed by atoms with Crippen LogP contribution in [0.15, 0.2) is 36.4 Å². The number of rotatable bonds is 7. The van der Waals surface area contributed by atoms with Crippen molar-refractivity contribution < 1.29 is 27.5 Å². The van der Waals surface area contributed by atoms with E-state index in [1.165, 1.54) is 16.8 Å². The predicted octanol–water partition coefficient (Wildman–Crippen LogP) is 3.57. The summed E-state index contributed by atoms with van der Waals surface area (Å²) in [4.78, 5) is 26.7. The van der Waals surface area contributed by atoms with Gasteiger partial charge in [-0.2, -0.15) is 5.10 Å². The molecule has 0 bridgehead atoms. The number of amides is 2. The summed E-state index contributed by atoms with van der Waals surface area (Å²) in [6.07, 6.45) is -0.519. The van der Waals surface area contributed by atoms with Gasteiger partial charge in [-0.1, -0.05) is 23.7 Å². The average Bonchev–Trinajstić information content (AvgIpc) is 3.15. The molecule has 2 aromatic carbocycles. The lowest BCUT2D eigenvalue weighted by Crippen LogP contribution is -2.43. The van der Waals surface area contributed by atoms with Gasteiger partial charge in [0.05, 0.1) is 17.7 Å². The van der Waals surface area contributed by atoms with E-state index in [2.05, 4.69) is 10.4 Å². The first kappa shape index (κ1) is 23.6. The number of fused-ring (bicyclic) bond motifs is 3. The van der Waals surface area contributed by atoms with Crippen LogP contribution >= 0.6 is 11.6 Å². The average molecular weight is 493 g/mol. The van der Waals surface area contributed by atoms with Gasteiger partial charge in [-0.25, -0.2) is 13.2 Å². The van der Waals surface area contributed by atoms with Gasteiger partial charge in [-0.15, -0.1) is 0 Å². The van der Waals surface area contributed by atoms with Gasteiger partial charge in [0.1, 0.15) is 25.6 Å². The molecule has 0 aliphatic carbocycles. The SMILES string of the molecule is Cn1nc(N(CC(=O)NCCF)C(=O)Cc2cccc(F)c2F)c2c1-c1cc(Cl)ccc1OC2. The number of halogens is 4. The number of carbonyl (C=O) groups excluding carboxylic acids is 2. The molecule has 11 heteroatoms. The zero-order valence-corrected chi connectivity index (χ0v) is 18.8. The summed E-state index contributed by atoms with van der Waals surface area (Å²) in [6, 6.07) is 8.61. The second-order valence-electron chi connectivity index (χ2n) is 7.61. The van der Waals surface area contributed by atoms with Gasteiger partial charge in [-0.05, 0) is 24.3 Å². The van der Waals surface area contributed by atoms with Crippen molar-refractivity contribution in [3.8, 4) is 17.0 Å². The Kier molecular flexibility index (Phi) is 6.78. The minimum Gasteiger partial charge on any atom is -0.488 e. The number of aromatic nitrogens is 2. The number of carbonyl (C=O) groups is 2. The van der Waals surface area contributed by atoms with Crippen molar-refractivity contribution in [2.45, 2.75) is 13.0 Å². The van der Waals surface area contributed by atoms with E-state index in [4.69, 9.17) is 16.3 Å². The van der Waals surface area contributed by atoms with Crippen molar-refractivity contribution in [2.75, 3.05) is 24.7 Å². The zero-order valence-electron chi connectivity index (χ0n) is 18.1. The molecule has 1 aliphatic heterocycles. The molecule has 7 nitrogen and oxygen atoms in total. The topological polar surface area (TPSA) is 76.5 Å². The standard InChI is InChI=1S/C23H20ClF3N4O3/c1-30-22-15-10-14(24)5-6-18(15)34-12-16(22)23(29-30)31(11-19(32)28-8-7-25)20(33)9-13-3-2-4-17(26)21(13)27/h2-6,10H,7-9,11-12H2,1H3,(H,28,32). The minimum absolute atomic E-state index is 0.0529. The van der Waals surface area contributed by atoms with Crippen molar-refractivity contribution in [1.29, 1.82) is 0 Å². The maximum absolute atomic E-state index is 14.2. The zero-order chi connectivity index (χ0) is 24.4. The number of benzene rings is 2. The van der Waals surface area contributed by atoms with Crippen molar-refractivity contribution in [3.63, 3.8) is 0 Å². The van der Waals surface area contributed by atoms with Gasteiger partial charge >= 0.3 is 0 Å². The molecule has 0 atom stereocenters. The van der Waals surface area contributed by atoms with Crippen LogP contribution in [0.3, 0.4) is 0 Å². The lowest BCUT2D eigenvalue weighted by atomic mass is 10.0. The summed E-state index contributed by atoms with van der Waals surface area (Å²) in [6.45, 7) is -1.45. The third-order valence-corrected chi connectivity index (χ3v) is 5.58. The molecule has 2 amide bonds. The van der Waals surface area contributed by atoms with Gasteiger partial charge < -0.3 is 10.1 Å². The van der Waals surface area contributed by atoms with Crippen molar-refractivity contribution >= 4 is 29.2 Å². The molecule has 2 heterocycles. The molecule has 1 aromatic heterocycles. The fourth-order valence-corrected chi connectivity index (χ4v) is 3.99. The van der Waals surface area contributed by atoms with E-state index in [1.54, 1.807) is 25.2 Å². The maximum atomic E-state index is 14.2. The number of hydrogen-bond donors (Lipinski definition) is 1. The Morgan fingerprint density at radius 3 is 2.82 bits per heavy atom. The monoisotopic (exact) mass is 492 g/mol. The van der Waals surface area contributed by atoms with Crippen molar-refractivity contribution in [2.24, 2.45) is 7.05 Å². The second-order valence-corrected chi connectivity index (χ2v) is 8.05. The third-order valence-electron chi connectivity index (χ3n) is 5.34. The molecule has 1 N–H and O–H groups in total. The molecule has 0 radical (unpaired) electrons. The van der Waals surface area contributed by atoms with Crippen molar-refractivity contribution in [3.05, 3.63) is 64.2 Å². The first-order valence-electron chi connectivity index (χ1n) is 10.3. The molecular formula is C23H20ClF3N4O3. The van der Waals surface area contributed by atoms with E-state index in [0.717, 1.165) is 11.0 Å². The molecule has 0 fully saturated rings. The van der Waals surface area contributed by atoms with Gasteiger partial charge in [0.2, 0.25) is 11.8 Å². The number of nitrogens with one attached hydrogen (secondary N) is 1. The van der Waals surface area contributed by atoms with E-state index in [-0.39, 0.29) is 24.5 Å². The summed E-state index contributed by atoms with van der Waals surface area (Å²) in [5, 5.41) is 7.26. The Balaban J connectivity index is 1.74. The van der Waals surface area contributed by atoms with E-state index in [0.29, 0.717) is 27.6 Å². The van der Waals surface area contributed by atoms with Crippen LogP contribution in [-0.2, 0) is 29.7 Å². The lowest BCUT2D eigenvalue weighted by molar-refractivity contribution is -0.123. The number of alkyl halides is 1. The summed E-state index contributed by atoms with van der Waals surface area (Å²) in [5.41, 5.74) is 1.64. The molecule has 0 unspecified atom stereocenters. The fourth-order valence-electron chi connectivity index (χ4n) is 3.81. The van der Waals surface area contributed by atoms with Gasteiger partial charge in [0.15, 0.2) is 17.5 Å². The first-order valence-corrected chi connectivity index (χ1v) is 10.7. The molecule has 34 heavy (non-hydrogen) atoms. The van der Waals surface area contributed by atoms with Crippen LogP contribution in [-0.4, -0.2) is 41.4 Å². The number of nitrogens with zero attached hydrogens (tertiary/aromatic N) is 3. The van der Waals surface area contributed by atoms with Gasteiger partial charge in [0.25, 0.3) is 0 Å². The van der Waals surface area contributed by atoms with Crippen LogP contribution in [0.5, 0.6) is 5.75 Å². The van der Waals surface area contributed by atoms with E-state index in [9.17, 15) is 22.8 Å². The highest BCUT2D eigenvalue weighted by Crippen LogP contribution is 2.42. The van der Waals surface area contributed by atoms with Crippen LogP contribution in [0.4, 0.5) is 19.0 Å². The van der Waals surface area contributed by atoms with Gasteiger partial charge in [0, 0.05) is 29.7 Å². The molecule has 1 aliphatic rings. The molecule has 0 saturated carbocycles. The normalized spacial score (nSPS) is 11.9. The Morgan fingerprint density at radius 2 is 2.06 bits per heavy atom. The summed E-state index contributed by atoms with van der Waals surface area (Å²) in [7, 11) is 1.66. The quantitative estimate of drug-likeness (QED) is 0.547. The number of ether oxygens (including phenoxy) is 1. The molecule has 0 spiro atoms. The smallest absolute Gasteiger partial charge is 0.240 e. The first-order chi connectivity index (χ1) is 16.3. The van der Waals surface area contributed by atoms with Gasteiger partial charge in [-0.3, -0.25) is 19.2 Å². The van der Waals surface area contributed by atoms with Crippen molar-refractivity contribution in [1.82, 2.24) is 15.1 Å². The van der Waals surface area contributed by atoms with Crippen LogP contribution in [0.25, 0.3) is 11.3 Å². The third kappa shape index (κ3) is 4.58. The predicted molar refractivity (Wildman–Crippen MR) is 119 cm³/mol. The molecular weight excluding hydrogens is 473 g/mol. The van der Waals surface area contributed by atoms with Crippen LogP contribution in [0.2, 0.25) is 5.02 Å². The highest BCUT2D eigenvalue weighted by atomic mass is 35.5. The van der Waals surface area contributed by atoms with E-state index in [1.807, 2.05) is 0 Å². The molecule has 0 saturated heterocycles. The fraction of sp³-hybridized carbons (Fsp3) is 0.261. The maximum Gasteiger partial charge on any atom is 0.240 e. The summed E-state index contributed by atoms with van der Waals surface area (Å²) < 4.78 is 47.7. The Bertz CT molecular complexity index is 1260. The number of hydrogen-bond acceptors (Lipinski definition) is 4. The lowest BCUT2D eigenvalue weighted by Gasteiger charge is -2.24. The summed E-state index contributed by atoms with van der Waals surface area (Å²) >= 11 is 6.15. The number of anilines is 1. The van der Waals surface area contributed by atoms with Crippen LogP contribution in [0.1, 0.15) is 11.1 Å². The molecule has 178 valence electrons. The largest absolute Gasteiger partial charge is 0.488 e. The Hall–Kier alpha value is -3.53.